The van der Waals surface area contributed by atoms with Crippen LogP contribution in [0.5, 0.6) is 11.5 Å². The molecule has 18 heavy (non-hydrogen) atoms. The van der Waals surface area contributed by atoms with E-state index in [1.165, 1.54) is 13.1 Å². The van der Waals surface area contributed by atoms with Crippen LogP contribution in [-0.4, -0.2) is 33.6 Å². The van der Waals surface area contributed by atoms with Crippen LogP contribution >= 0.6 is 0 Å². The van der Waals surface area contributed by atoms with Gasteiger partial charge in [0.05, 0.1) is 4.92 Å². The molecule has 9 heteroatoms. The number of hydrogen-bond donors (Lipinski definition) is 1. The summed E-state index contributed by atoms with van der Waals surface area (Å²) >= 11 is 0. The molecule has 0 aromatic heterocycles. The number of nitro groups is 1. The van der Waals surface area contributed by atoms with E-state index in [2.05, 4.69) is 0 Å². The van der Waals surface area contributed by atoms with Gasteiger partial charge in [0, 0.05) is 6.07 Å². The molecule has 0 aliphatic carbocycles. The van der Waals surface area contributed by atoms with Crippen molar-refractivity contribution < 1.29 is 22.8 Å². The molecule has 1 aliphatic rings. The molecule has 1 heterocycles. The highest BCUT2D eigenvalue weighted by Gasteiger charge is 2.33. The number of hydrogen-bond acceptors (Lipinski definition) is 6. The fourth-order valence-corrected chi connectivity index (χ4v) is 2.61. The Morgan fingerprint density at radius 2 is 2.00 bits per heavy atom. The minimum absolute atomic E-state index is 0.121. The van der Waals surface area contributed by atoms with Crippen LogP contribution in [0, 0.1) is 10.1 Å². The van der Waals surface area contributed by atoms with Crippen molar-refractivity contribution in [2.75, 3.05) is 20.3 Å². The number of nitrogens with zero attached hydrogens (tertiary/aromatic N) is 1. The molecule has 0 saturated heterocycles. The Balaban J connectivity index is 2.76. The van der Waals surface area contributed by atoms with Crippen LogP contribution in [0.1, 0.15) is 0 Å². The van der Waals surface area contributed by atoms with Gasteiger partial charge in [0.25, 0.3) is 15.7 Å². The summed E-state index contributed by atoms with van der Waals surface area (Å²) in [7, 11) is -2.84. The Kier molecular flexibility index (Phi) is 3.09. The predicted molar refractivity (Wildman–Crippen MR) is 60.3 cm³/mol. The Hall–Kier alpha value is -1.87. The van der Waals surface area contributed by atoms with Gasteiger partial charge in [0.2, 0.25) is 4.90 Å². The van der Waals surface area contributed by atoms with Gasteiger partial charge in [0.1, 0.15) is 13.2 Å². The first kappa shape index (κ1) is 12.6. The molecule has 1 N–H and O–H groups in total. The average molecular weight is 274 g/mol. The number of nitrogens with one attached hydrogen (secondary N) is 1. The maximum Gasteiger partial charge on any atom is 0.293 e. The van der Waals surface area contributed by atoms with Crippen molar-refractivity contribution in [3.8, 4) is 11.5 Å². The summed E-state index contributed by atoms with van der Waals surface area (Å²) in [5.41, 5.74) is -0.548. The van der Waals surface area contributed by atoms with E-state index in [9.17, 15) is 18.5 Å². The van der Waals surface area contributed by atoms with Crippen molar-refractivity contribution in [1.29, 1.82) is 0 Å². The molecule has 0 fully saturated rings. The van der Waals surface area contributed by atoms with Crippen LogP contribution in [0.25, 0.3) is 0 Å². The van der Waals surface area contributed by atoms with Gasteiger partial charge >= 0.3 is 0 Å². The molecule has 1 aromatic carbocycles. The molecule has 0 radical (unpaired) electrons. The summed E-state index contributed by atoms with van der Waals surface area (Å²) in [5.74, 6) is 0.0606. The second-order valence-electron chi connectivity index (χ2n) is 3.40. The zero-order valence-corrected chi connectivity index (χ0v) is 10.2. The van der Waals surface area contributed by atoms with E-state index >= 15 is 0 Å². The quantitative estimate of drug-likeness (QED) is 0.626. The van der Waals surface area contributed by atoms with Gasteiger partial charge in [-0.2, -0.15) is 0 Å². The number of ether oxygens (including phenoxy) is 2. The van der Waals surface area contributed by atoms with E-state index in [0.717, 1.165) is 6.07 Å². The topological polar surface area (TPSA) is 108 Å². The number of benzene rings is 1. The monoisotopic (exact) mass is 274 g/mol. The van der Waals surface area contributed by atoms with Crippen molar-refractivity contribution in [1.82, 2.24) is 4.72 Å². The van der Waals surface area contributed by atoms with Gasteiger partial charge in [-0.3, -0.25) is 10.1 Å². The van der Waals surface area contributed by atoms with Gasteiger partial charge in [-0.25, -0.2) is 13.1 Å². The van der Waals surface area contributed by atoms with Gasteiger partial charge in [-0.15, -0.1) is 0 Å². The number of rotatable bonds is 3. The second-order valence-corrected chi connectivity index (χ2v) is 5.23. The van der Waals surface area contributed by atoms with Crippen molar-refractivity contribution >= 4 is 15.7 Å². The SMILES string of the molecule is CNS(=O)(=O)c1c([N+](=O)[O-])ccc2c1OCCO2. The molecule has 0 atom stereocenters. The van der Waals surface area contributed by atoms with Gasteiger partial charge in [-0.1, -0.05) is 0 Å². The lowest BCUT2D eigenvalue weighted by Gasteiger charge is -2.20. The molecular weight excluding hydrogens is 264 g/mol. The van der Waals surface area contributed by atoms with Crippen LogP contribution in [0.4, 0.5) is 5.69 Å². The van der Waals surface area contributed by atoms with Crippen molar-refractivity contribution in [2.45, 2.75) is 4.90 Å². The molecule has 2 rings (SSSR count). The summed E-state index contributed by atoms with van der Waals surface area (Å²) in [5, 5.41) is 10.9. The molecule has 8 nitrogen and oxygen atoms in total. The molecule has 0 saturated carbocycles. The highest BCUT2D eigenvalue weighted by molar-refractivity contribution is 7.89. The average Bonchev–Trinajstić information content (AvgIpc) is 2.37. The van der Waals surface area contributed by atoms with Crippen LogP contribution < -0.4 is 14.2 Å². The lowest BCUT2D eigenvalue weighted by Crippen LogP contribution is -2.24. The summed E-state index contributed by atoms with van der Waals surface area (Å²) < 4.78 is 36.1. The zero-order chi connectivity index (χ0) is 13.3. The minimum atomic E-state index is -4.01. The Morgan fingerprint density at radius 1 is 1.33 bits per heavy atom. The standard InChI is InChI=1S/C9H10N2O6S/c1-10-18(14,15)9-6(11(12)13)2-3-7-8(9)17-5-4-16-7/h2-3,10H,4-5H2,1H3. The normalized spacial score (nSPS) is 14.3. The smallest absolute Gasteiger partial charge is 0.293 e. The highest BCUT2D eigenvalue weighted by Crippen LogP contribution is 2.41. The predicted octanol–water partition coefficient (Wildman–Crippen LogP) is 0.274. The van der Waals surface area contributed by atoms with Crippen molar-refractivity contribution in [3.63, 3.8) is 0 Å². The maximum atomic E-state index is 11.8. The molecular formula is C9H10N2O6S. The van der Waals surface area contributed by atoms with Crippen molar-refractivity contribution in [3.05, 3.63) is 22.2 Å². The van der Waals surface area contributed by atoms with E-state index in [1.54, 1.807) is 0 Å². The summed E-state index contributed by atoms with van der Waals surface area (Å²) in [6.07, 6.45) is 0. The number of fused-ring (bicyclic) bond motifs is 1. The highest BCUT2D eigenvalue weighted by atomic mass is 32.2. The molecule has 1 aliphatic heterocycles. The van der Waals surface area contributed by atoms with Crippen LogP contribution in [0.15, 0.2) is 17.0 Å². The molecule has 0 bridgehead atoms. The van der Waals surface area contributed by atoms with E-state index in [4.69, 9.17) is 9.47 Å². The minimum Gasteiger partial charge on any atom is -0.486 e. The van der Waals surface area contributed by atoms with E-state index in [-0.39, 0.29) is 24.7 Å². The third kappa shape index (κ3) is 1.97. The van der Waals surface area contributed by atoms with E-state index in [0.29, 0.717) is 0 Å². The Morgan fingerprint density at radius 3 is 2.61 bits per heavy atom. The number of nitro benzene ring substituents is 1. The van der Waals surface area contributed by atoms with E-state index in [1.807, 2.05) is 4.72 Å². The zero-order valence-electron chi connectivity index (χ0n) is 9.37. The lowest BCUT2D eigenvalue weighted by atomic mass is 10.2. The first-order chi connectivity index (χ1) is 8.47. The third-order valence-electron chi connectivity index (χ3n) is 2.38. The third-order valence-corrected chi connectivity index (χ3v) is 3.85. The molecule has 0 amide bonds. The second kappa shape index (κ2) is 4.42. The van der Waals surface area contributed by atoms with E-state index < -0.39 is 25.5 Å². The fraction of sp³-hybridized carbons (Fsp3) is 0.333. The fourth-order valence-electron chi connectivity index (χ4n) is 1.59. The summed E-state index contributed by atoms with van der Waals surface area (Å²) in [4.78, 5) is 9.60. The lowest BCUT2D eigenvalue weighted by molar-refractivity contribution is -0.388. The molecule has 0 spiro atoms. The van der Waals surface area contributed by atoms with Gasteiger partial charge in [0.15, 0.2) is 11.5 Å². The Labute approximate surface area is 103 Å². The first-order valence-corrected chi connectivity index (χ1v) is 6.46. The summed E-state index contributed by atoms with van der Waals surface area (Å²) in [6.45, 7) is 0.407. The van der Waals surface area contributed by atoms with Crippen LogP contribution in [-0.2, 0) is 10.0 Å². The summed E-state index contributed by atoms with van der Waals surface area (Å²) in [6, 6.07) is 2.40. The largest absolute Gasteiger partial charge is 0.486 e. The van der Waals surface area contributed by atoms with Crippen molar-refractivity contribution in [2.24, 2.45) is 0 Å². The van der Waals surface area contributed by atoms with Gasteiger partial charge < -0.3 is 9.47 Å². The Bertz CT molecular complexity index is 597. The molecule has 1 aromatic rings. The molecule has 0 unspecified atom stereocenters. The maximum absolute atomic E-state index is 11.8. The van der Waals surface area contributed by atoms with Crippen LogP contribution in [0.3, 0.4) is 0 Å². The van der Waals surface area contributed by atoms with Crippen LogP contribution in [0.2, 0.25) is 0 Å². The first-order valence-electron chi connectivity index (χ1n) is 4.98. The van der Waals surface area contributed by atoms with Gasteiger partial charge in [-0.05, 0) is 13.1 Å². The number of sulfonamides is 1. The molecule has 98 valence electrons.